The monoisotopic (exact) mass is 370 g/mol. The molecule has 3 rings (SSSR count). The summed E-state index contributed by atoms with van der Waals surface area (Å²) in [7, 11) is 1.30. The Morgan fingerprint density at radius 3 is 2.60 bits per heavy atom. The van der Waals surface area contributed by atoms with Gasteiger partial charge < -0.3 is 4.74 Å². The van der Waals surface area contributed by atoms with Gasteiger partial charge in [0, 0.05) is 49.4 Å². The number of ether oxygens (including phenoxy) is 1. The molecule has 0 saturated heterocycles. The van der Waals surface area contributed by atoms with Gasteiger partial charge in [-0.1, -0.05) is 12.1 Å². The molecule has 0 amide bonds. The molecule has 1 unspecified atom stereocenters. The molecule has 0 aromatic heterocycles. The molecule has 3 nitrogen and oxygen atoms in total. The molecule has 0 saturated carbocycles. The van der Waals surface area contributed by atoms with Gasteiger partial charge in [0.2, 0.25) is 0 Å². The first-order chi connectivity index (χ1) is 11.5. The van der Waals surface area contributed by atoms with E-state index in [1.165, 1.54) is 19.2 Å². The number of esters is 1. The van der Waals surface area contributed by atoms with E-state index in [4.69, 9.17) is 4.74 Å². The fourth-order valence-corrected chi connectivity index (χ4v) is 3.18. The average molecular weight is 370 g/mol. The third kappa shape index (κ3) is 4.10. The van der Waals surface area contributed by atoms with Gasteiger partial charge in [-0.3, -0.25) is 4.79 Å². The molecule has 0 spiro atoms. The average Bonchev–Trinajstić information content (AvgIpc) is 2.73. The van der Waals surface area contributed by atoms with Crippen LogP contribution in [-0.4, -0.2) is 18.9 Å². The quantitative estimate of drug-likeness (QED) is 0.592. The first-order valence-corrected chi connectivity index (χ1v) is 7.71. The van der Waals surface area contributed by atoms with Crippen molar-refractivity contribution in [2.45, 2.75) is 25.2 Å². The molecule has 2 aromatic rings. The first kappa shape index (κ1) is 20.0. The zero-order valence-electron chi connectivity index (χ0n) is 13.5. The molecule has 6 heteroatoms. The van der Waals surface area contributed by atoms with Crippen molar-refractivity contribution in [1.82, 2.24) is 0 Å². The van der Waals surface area contributed by atoms with E-state index in [2.05, 4.69) is 0 Å². The Morgan fingerprint density at radius 2 is 1.92 bits per heavy atom. The van der Waals surface area contributed by atoms with Crippen molar-refractivity contribution >= 4 is 11.8 Å². The summed E-state index contributed by atoms with van der Waals surface area (Å²) >= 11 is 0. The van der Waals surface area contributed by atoms with Gasteiger partial charge in [-0.15, -0.1) is 0 Å². The topological polar surface area (TPSA) is 43.4 Å². The van der Waals surface area contributed by atoms with Crippen LogP contribution in [0.2, 0.25) is 0 Å². The minimum absolute atomic E-state index is 0. The first-order valence-electron chi connectivity index (χ1n) is 7.71. The van der Waals surface area contributed by atoms with Crippen molar-refractivity contribution in [3.8, 4) is 0 Å². The van der Waals surface area contributed by atoms with E-state index < -0.39 is 23.5 Å². The Kier molecular flexibility index (Phi) is 6.72. The molecule has 25 heavy (non-hydrogen) atoms. The maximum absolute atomic E-state index is 14.1. The molecule has 2 aromatic carbocycles. The van der Waals surface area contributed by atoms with Gasteiger partial charge in [-0.2, -0.15) is 0 Å². The Hall–Kier alpha value is -1.30. The Labute approximate surface area is 174 Å². The van der Waals surface area contributed by atoms with Crippen molar-refractivity contribution < 1.29 is 60.8 Å². The van der Waals surface area contributed by atoms with Crippen molar-refractivity contribution in [2.75, 3.05) is 7.11 Å². The summed E-state index contributed by atoms with van der Waals surface area (Å²) in [6, 6.07) is 8.08. The third-order valence-electron chi connectivity index (χ3n) is 4.39. The molecule has 1 aliphatic carbocycles. The number of rotatable bonds is 2. The molecule has 132 valence electrons. The van der Waals surface area contributed by atoms with Crippen LogP contribution in [-0.2, 0) is 11.2 Å². The summed E-state index contributed by atoms with van der Waals surface area (Å²) in [5, 5.41) is 0. The van der Waals surface area contributed by atoms with Gasteiger partial charge >= 0.3 is 5.97 Å². The second kappa shape index (κ2) is 8.39. The van der Waals surface area contributed by atoms with Crippen LogP contribution >= 0.6 is 0 Å². The molecule has 0 aliphatic heterocycles. The van der Waals surface area contributed by atoms with E-state index in [0.29, 0.717) is 30.4 Å². The second-order valence-electron chi connectivity index (χ2n) is 5.84. The number of halogens is 2. The van der Waals surface area contributed by atoms with E-state index >= 15 is 0 Å². The van der Waals surface area contributed by atoms with Crippen LogP contribution in [0.3, 0.4) is 0 Å². The van der Waals surface area contributed by atoms with E-state index in [1.54, 1.807) is 12.1 Å². The van der Waals surface area contributed by atoms with Crippen molar-refractivity contribution in [3.05, 3.63) is 70.3 Å². The normalized spacial score (nSPS) is 16.4. The number of carbonyl (C=O) groups is 2. The minimum Gasteiger partial charge on any atom is -0.465 e. The van der Waals surface area contributed by atoms with Crippen LogP contribution in [0.4, 0.5) is 8.78 Å². The minimum atomic E-state index is -0.706. The molecule has 0 N–H and O–H groups in total. The Bertz CT molecular complexity index is 820. The summed E-state index contributed by atoms with van der Waals surface area (Å²) in [4.78, 5) is 24.5. The SMILES string of the molecule is COC(=O)c1ccc2c(c1)CCCC(c1ccc(F)cc1F)C2=O.[Ar]. The van der Waals surface area contributed by atoms with Gasteiger partial charge in [0.05, 0.1) is 18.6 Å². The summed E-state index contributed by atoms with van der Waals surface area (Å²) in [6.45, 7) is 0. The van der Waals surface area contributed by atoms with Crippen molar-refractivity contribution in [3.63, 3.8) is 0 Å². The number of hydrogen-bond donors (Lipinski definition) is 0. The van der Waals surface area contributed by atoms with Gasteiger partial charge in [-0.05, 0) is 48.6 Å². The maximum Gasteiger partial charge on any atom is 0.337 e. The molecule has 0 fully saturated rings. The second-order valence-corrected chi connectivity index (χ2v) is 5.84. The standard InChI is InChI=1S/C19H16F2O3.Ar/c1-24-19(23)12-5-7-14-11(9-12)3-2-4-16(18(14)22)15-8-6-13(20)10-17(15)21;/h5-10,16H,2-4H2,1H3;. The Morgan fingerprint density at radius 1 is 1.16 bits per heavy atom. The molecule has 1 atom stereocenters. The number of ketones is 1. The smallest absolute Gasteiger partial charge is 0.337 e. The van der Waals surface area contributed by atoms with Gasteiger partial charge in [0.25, 0.3) is 0 Å². The third-order valence-corrected chi connectivity index (χ3v) is 4.39. The van der Waals surface area contributed by atoms with E-state index in [0.717, 1.165) is 17.7 Å². The van der Waals surface area contributed by atoms with Crippen LogP contribution in [0.15, 0.2) is 36.4 Å². The number of carbonyl (C=O) groups excluding carboxylic acids is 2. The zero-order chi connectivity index (χ0) is 17.3. The number of hydrogen-bond acceptors (Lipinski definition) is 3. The van der Waals surface area contributed by atoms with Gasteiger partial charge in [-0.25, -0.2) is 13.6 Å². The van der Waals surface area contributed by atoms with Crippen LogP contribution in [0, 0.1) is 49.4 Å². The van der Waals surface area contributed by atoms with E-state index in [1.807, 2.05) is 0 Å². The molecular weight excluding hydrogens is 354 g/mol. The summed E-state index contributed by atoms with van der Waals surface area (Å²) in [5.74, 6) is -2.68. The maximum atomic E-state index is 14.1. The molecule has 0 heterocycles. The van der Waals surface area contributed by atoms with E-state index in [-0.39, 0.29) is 49.1 Å². The molecule has 1 aliphatic rings. The largest absolute Gasteiger partial charge is 0.465 e. The number of benzene rings is 2. The predicted octanol–water partition coefficient (Wildman–Crippen LogP) is 4.05. The van der Waals surface area contributed by atoms with Gasteiger partial charge in [0.1, 0.15) is 11.6 Å². The number of Topliss-reactive ketones (excluding diaryl/α,β-unsaturated/α-hetero) is 1. The van der Waals surface area contributed by atoms with Crippen LogP contribution in [0.25, 0.3) is 0 Å². The zero-order valence-corrected chi connectivity index (χ0v) is 14.2. The molecule has 0 radical (unpaired) electrons. The van der Waals surface area contributed by atoms with Crippen LogP contribution in [0.5, 0.6) is 0 Å². The Balaban J connectivity index is 0.00000225. The van der Waals surface area contributed by atoms with Crippen molar-refractivity contribution in [1.29, 1.82) is 0 Å². The fraction of sp³-hybridized carbons (Fsp3) is 0.263. The summed E-state index contributed by atoms with van der Waals surface area (Å²) < 4.78 is 31.9. The van der Waals surface area contributed by atoms with Crippen LogP contribution in [0.1, 0.15) is 50.6 Å². The van der Waals surface area contributed by atoms with Crippen molar-refractivity contribution in [2.24, 2.45) is 0 Å². The summed E-state index contributed by atoms with van der Waals surface area (Å²) in [6.07, 6.45) is 1.76. The van der Waals surface area contributed by atoms with Gasteiger partial charge in [0.15, 0.2) is 5.78 Å². The van der Waals surface area contributed by atoms with Crippen LogP contribution < -0.4 is 0 Å². The summed E-state index contributed by atoms with van der Waals surface area (Å²) in [5.41, 5.74) is 1.84. The fourth-order valence-electron chi connectivity index (χ4n) is 3.18. The molecular formula is C19H16ArF2O3. The number of methoxy groups -OCH3 is 1. The number of fused-ring (bicyclic) bond motifs is 1. The molecule has 0 bridgehead atoms. The predicted molar refractivity (Wildman–Crippen MR) is 84.1 cm³/mol. The van der Waals surface area contributed by atoms with E-state index in [9.17, 15) is 18.4 Å². The number of aryl methyl sites for hydroxylation is 1.